The molecule has 7 heteroatoms. The molecule has 2 saturated heterocycles. The first-order valence-corrected chi connectivity index (χ1v) is 7.28. The average molecular weight is 302 g/mol. The Bertz CT molecular complexity index is 424. The molecule has 2 amide bonds. The van der Waals surface area contributed by atoms with Crippen molar-refractivity contribution in [2.24, 2.45) is 0 Å². The number of aliphatic hydroxyl groups is 1. The van der Waals surface area contributed by atoms with Crippen LogP contribution in [0.25, 0.3) is 0 Å². The van der Waals surface area contributed by atoms with E-state index in [1.165, 1.54) is 9.80 Å². The van der Waals surface area contributed by atoms with Crippen LogP contribution >= 0.6 is 0 Å². The second-order valence-electron chi connectivity index (χ2n) is 6.71. The molecule has 1 N–H and O–H groups in total. The predicted molar refractivity (Wildman–Crippen MR) is 73.4 cm³/mol. The van der Waals surface area contributed by atoms with Crippen LogP contribution in [0.2, 0.25) is 0 Å². The summed E-state index contributed by atoms with van der Waals surface area (Å²) in [5.74, 6) is -0.308. The molecule has 21 heavy (non-hydrogen) atoms. The highest BCUT2D eigenvalue weighted by Crippen LogP contribution is 2.24. The fourth-order valence-corrected chi connectivity index (χ4v) is 2.70. The standard InChI is InChI=1S/C14H23FN2O4/c1-14(2,3)21-13(20)17-8-10(18)6-11(17)12(19)16-5-4-9(15)7-16/h9-11,18H,4-8H2,1-3H3/t9-,10-,11+/m1/s1. The molecule has 0 aromatic heterocycles. The number of rotatable bonds is 1. The van der Waals surface area contributed by atoms with Crippen molar-refractivity contribution in [1.29, 1.82) is 0 Å². The van der Waals surface area contributed by atoms with E-state index in [1.807, 2.05) is 0 Å². The molecule has 0 unspecified atom stereocenters. The van der Waals surface area contributed by atoms with E-state index in [-0.39, 0.29) is 25.4 Å². The van der Waals surface area contributed by atoms with Gasteiger partial charge in [-0.15, -0.1) is 0 Å². The lowest BCUT2D eigenvalue weighted by Gasteiger charge is -2.29. The van der Waals surface area contributed by atoms with Crippen molar-refractivity contribution < 1.29 is 23.8 Å². The summed E-state index contributed by atoms with van der Waals surface area (Å²) in [4.78, 5) is 27.2. The Morgan fingerprint density at radius 2 is 1.95 bits per heavy atom. The van der Waals surface area contributed by atoms with E-state index in [4.69, 9.17) is 4.74 Å². The summed E-state index contributed by atoms with van der Waals surface area (Å²) in [6.07, 6.45) is -1.88. The number of nitrogens with zero attached hydrogens (tertiary/aromatic N) is 2. The van der Waals surface area contributed by atoms with Crippen molar-refractivity contribution in [2.75, 3.05) is 19.6 Å². The van der Waals surface area contributed by atoms with Gasteiger partial charge < -0.3 is 14.7 Å². The molecule has 3 atom stereocenters. The number of hydrogen-bond donors (Lipinski definition) is 1. The summed E-state index contributed by atoms with van der Waals surface area (Å²) in [6, 6.07) is -0.764. The van der Waals surface area contributed by atoms with Gasteiger partial charge in [0.05, 0.1) is 19.2 Å². The van der Waals surface area contributed by atoms with Crippen LogP contribution in [0.1, 0.15) is 33.6 Å². The highest BCUT2D eigenvalue weighted by molar-refractivity contribution is 5.86. The zero-order valence-electron chi connectivity index (χ0n) is 12.7. The number of carbonyl (C=O) groups is 2. The Kier molecular flexibility index (Phi) is 4.41. The second-order valence-corrected chi connectivity index (χ2v) is 6.71. The van der Waals surface area contributed by atoms with Crippen molar-refractivity contribution >= 4 is 12.0 Å². The van der Waals surface area contributed by atoms with Crippen LogP contribution in [0.15, 0.2) is 0 Å². The summed E-state index contributed by atoms with van der Waals surface area (Å²) < 4.78 is 18.5. The minimum absolute atomic E-state index is 0.0631. The number of halogens is 1. The van der Waals surface area contributed by atoms with E-state index in [0.29, 0.717) is 13.0 Å². The fraction of sp³-hybridized carbons (Fsp3) is 0.857. The maximum absolute atomic E-state index is 13.2. The van der Waals surface area contributed by atoms with E-state index in [1.54, 1.807) is 20.8 Å². The molecule has 2 heterocycles. The molecule has 0 spiro atoms. The number of likely N-dealkylation sites (tertiary alicyclic amines) is 2. The minimum atomic E-state index is -1.00. The highest BCUT2D eigenvalue weighted by atomic mass is 19.1. The normalized spacial score (nSPS) is 29.9. The van der Waals surface area contributed by atoms with E-state index < -0.39 is 30.0 Å². The van der Waals surface area contributed by atoms with Crippen LogP contribution < -0.4 is 0 Å². The van der Waals surface area contributed by atoms with Crippen LogP contribution in [0.3, 0.4) is 0 Å². The molecule has 0 aromatic rings. The van der Waals surface area contributed by atoms with Crippen molar-refractivity contribution in [1.82, 2.24) is 9.80 Å². The zero-order valence-corrected chi connectivity index (χ0v) is 12.7. The summed E-state index contributed by atoms with van der Waals surface area (Å²) in [5.41, 5.74) is -0.671. The van der Waals surface area contributed by atoms with Crippen LogP contribution in [-0.2, 0) is 9.53 Å². The maximum atomic E-state index is 13.2. The molecule has 2 aliphatic heterocycles. The monoisotopic (exact) mass is 302 g/mol. The van der Waals surface area contributed by atoms with Crippen molar-refractivity contribution in [3.05, 3.63) is 0 Å². The van der Waals surface area contributed by atoms with Gasteiger partial charge >= 0.3 is 6.09 Å². The molecule has 0 aromatic carbocycles. The fourth-order valence-electron chi connectivity index (χ4n) is 2.70. The molecule has 2 fully saturated rings. The number of amides is 2. The number of β-amino-alcohol motifs (C(OH)–C–C–N with tert-alkyl or cyclic N) is 1. The lowest BCUT2D eigenvalue weighted by Crippen LogP contribution is -2.48. The second kappa shape index (κ2) is 5.79. The Hall–Kier alpha value is -1.37. The van der Waals surface area contributed by atoms with Crippen LogP contribution in [0.5, 0.6) is 0 Å². The van der Waals surface area contributed by atoms with Crippen LogP contribution in [0, 0.1) is 0 Å². The topological polar surface area (TPSA) is 70.1 Å². The first-order chi connectivity index (χ1) is 9.67. The molecule has 2 rings (SSSR count). The Morgan fingerprint density at radius 1 is 1.29 bits per heavy atom. The summed E-state index contributed by atoms with van der Waals surface area (Å²) in [6.45, 7) is 5.70. The quantitative estimate of drug-likeness (QED) is 0.782. The van der Waals surface area contributed by atoms with E-state index in [9.17, 15) is 19.1 Å². The van der Waals surface area contributed by atoms with Crippen molar-refractivity contribution in [3.63, 3.8) is 0 Å². The molecule has 0 aliphatic carbocycles. The Morgan fingerprint density at radius 3 is 2.48 bits per heavy atom. The molecule has 2 aliphatic rings. The molecule has 120 valence electrons. The summed E-state index contributed by atoms with van der Waals surface area (Å²) in [5, 5.41) is 9.77. The van der Waals surface area contributed by atoms with E-state index in [0.717, 1.165) is 0 Å². The molecule has 0 radical (unpaired) electrons. The van der Waals surface area contributed by atoms with Gasteiger partial charge in [0.1, 0.15) is 17.8 Å². The summed E-state index contributed by atoms with van der Waals surface area (Å²) in [7, 11) is 0. The van der Waals surface area contributed by atoms with Crippen molar-refractivity contribution in [2.45, 2.75) is 57.5 Å². The lowest BCUT2D eigenvalue weighted by atomic mass is 10.1. The average Bonchev–Trinajstić information content (AvgIpc) is 2.92. The number of alkyl halides is 1. The lowest BCUT2D eigenvalue weighted by molar-refractivity contribution is -0.135. The smallest absolute Gasteiger partial charge is 0.411 e. The molecule has 6 nitrogen and oxygen atoms in total. The Balaban J connectivity index is 2.06. The number of ether oxygens (including phenoxy) is 1. The minimum Gasteiger partial charge on any atom is -0.444 e. The van der Waals surface area contributed by atoms with E-state index >= 15 is 0 Å². The van der Waals surface area contributed by atoms with Gasteiger partial charge in [-0.2, -0.15) is 0 Å². The zero-order chi connectivity index (χ0) is 15.8. The van der Waals surface area contributed by atoms with Gasteiger partial charge in [-0.3, -0.25) is 9.69 Å². The van der Waals surface area contributed by atoms with Crippen molar-refractivity contribution in [3.8, 4) is 0 Å². The van der Waals surface area contributed by atoms with Gasteiger partial charge in [0.25, 0.3) is 0 Å². The van der Waals surface area contributed by atoms with Gasteiger partial charge in [0, 0.05) is 13.0 Å². The van der Waals surface area contributed by atoms with Gasteiger partial charge in [0.15, 0.2) is 0 Å². The van der Waals surface area contributed by atoms with E-state index in [2.05, 4.69) is 0 Å². The largest absolute Gasteiger partial charge is 0.444 e. The molecule has 0 bridgehead atoms. The van der Waals surface area contributed by atoms with Crippen LogP contribution in [0.4, 0.5) is 9.18 Å². The van der Waals surface area contributed by atoms with Gasteiger partial charge in [-0.1, -0.05) is 0 Å². The SMILES string of the molecule is CC(C)(C)OC(=O)N1C[C@H](O)C[C@H]1C(=O)N1CC[C@@H](F)C1. The number of carbonyl (C=O) groups excluding carboxylic acids is 2. The predicted octanol–water partition coefficient (Wildman–Crippen LogP) is 0.927. The Labute approximate surface area is 123 Å². The first kappa shape index (κ1) is 16.0. The molecular formula is C14H23FN2O4. The number of hydrogen-bond acceptors (Lipinski definition) is 4. The number of aliphatic hydroxyl groups excluding tert-OH is 1. The van der Waals surface area contributed by atoms with Gasteiger partial charge in [0.2, 0.25) is 5.91 Å². The first-order valence-electron chi connectivity index (χ1n) is 7.28. The van der Waals surface area contributed by atoms with Gasteiger partial charge in [-0.05, 0) is 27.2 Å². The third kappa shape index (κ3) is 3.84. The molecular weight excluding hydrogens is 279 g/mol. The molecule has 0 saturated carbocycles. The third-order valence-corrected chi connectivity index (χ3v) is 3.63. The maximum Gasteiger partial charge on any atom is 0.411 e. The third-order valence-electron chi connectivity index (χ3n) is 3.63. The highest BCUT2D eigenvalue weighted by Gasteiger charge is 2.43. The summed E-state index contributed by atoms with van der Waals surface area (Å²) >= 11 is 0. The van der Waals surface area contributed by atoms with Crippen LogP contribution in [-0.4, -0.2) is 70.5 Å². The van der Waals surface area contributed by atoms with Gasteiger partial charge in [-0.25, -0.2) is 9.18 Å².